The Morgan fingerprint density at radius 1 is 1.19 bits per heavy atom. The van der Waals surface area contributed by atoms with Gasteiger partial charge in [0.2, 0.25) is 15.9 Å². The van der Waals surface area contributed by atoms with E-state index in [2.05, 4.69) is 14.9 Å². The number of halogens is 1. The van der Waals surface area contributed by atoms with Crippen LogP contribution in [0, 0.1) is 5.82 Å². The third-order valence-electron chi connectivity index (χ3n) is 5.54. The number of hydrogen-bond acceptors (Lipinski definition) is 5. The molecule has 1 aliphatic rings. The molecule has 7 nitrogen and oxygen atoms in total. The maximum absolute atomic E-state index is 15.2. The van der Waals surface area contributed by atoms with E-state index in [4.69, 9.17) is 4.74 Å². The van der Waals surface area contributed by atoms with Crippen LogP contribution in [0.15, 0.2) is 12.1 Å². The number of carbonyl (C=O) groups excluding carboxylic acids is 1. The van der Waals surface area contributed by atoms with Gasteiger partial charge in [-0.3, -0.25) is 4.79 Å². The van der Waals surface area contributed by atoms with Crippen molar-refractivity contribution < 1.29 is 22.3 Å². The monoisotopic (exact) mass is 471 g/mol. The fraction of sp³-hybridized carbons (Fsp3) is 0.696. The van der Waals surface area contributed by atoms with E-state index in [-0.39, 0.29) is 36.8 Å². The number of sulfonamides is 1. The van der Waals surface area contributed by atoms with E-state index in [0.717, 1.165) is 5.69 Å². The predicted molar refractivity (Wildman–Crippen MR) is 127 cm³/mol. The molecule has 2 N–H and O–H groups in total. The molecule has 182 valence electrons. The van der Waals surface area contributed by atoms with E-state index < -0.39 is 20.6 Å². The maximum atomic E-state index is 15.2. The summed E-state index contributed by atoms with van der Waals surface area (Å²) in [6, 6.07) is 3.48. The summed E-state index contributed by atoms with van der Waals surface area (Å²) in [6.07, 6.45) is 1.87. The van der Waals surface area contributed by atoms with Crippen LogP contribution in [-0.2, 0) is 26.0 Å². The molecular formula is C23H38FN3O4S. The predicted octanol–water partition coefficient (Wildman–Crippen LogP) is 3.83. The largest absolute Gasteiger partial charge is 0.372 e. The van der Waals surface area contributed by atoms with Gasteiger partial charge in [-0.05, 0) is 66.0 Å². The van der Waals surface area contributed by atoms with E-state index in [1.54, 1.807) is 26.8 Å². The van der Waals surface area contributed by atoms with Crippen LogP contribution in [0.25, 0.3) is 0 Å². The van der Waals surface area contributed by atoms with Crippen molar-refractivity contribution in [3.8, 4) is 0 Å². The summed E-state index contributed by atoms with van der Waals surface area (Å²) in [5.41, 5.74) is 1.61. The van der Waals surface area contributed by atoms with Crippen LogP contribution in [0.4, 0.5) is 15.8 Å². The second-order valence-electron chi connectivity index (χ2n) is 9.46. The minimum absolute atomic E-state index is 0.0683. The number of amides is 1. The number of anilines is 2. The van der Waals surface area contributed by atoms with Crippen LogP contribution >= 0.6 is 0 Å². The van der Waals surface area contributed by atoms with Crippen molar-refractivity contribution >= 4 is 27.3 Å². The minimum Gasteiger partial charge on any atom is -0.372 e. The number of nitrogens with zero attached hydrogens (tertiary/aromatic N) is 1. The van der Waals surface area contributed by atoms with Gasteiger partial charge < -0.3 is 15.0 Å². The van der Waals surface area contributed by atoms with E-state index in [0.29, 0.717) is 37.9 Å². The number of rotatable bonds is 9. The summed E-state index contributed by atoms with van der Waals surface area (Å²) in [4.78, 5) is 14.5. The molecule has 2 atom stereocenters. The van der Waals surface area contributed by atoms with Crippen molar-refractivity contribution in [3.63, 3.8) is 0 Å². The summed E-state index contributed by atoms with van der Waals surface area (Å²) in [5, 5.41) is 2.67. The number of benzene rings is 1. The van der Waals surface area contributed by atoms with Gasteiger partial charge >= 0.3 is 0 Å². The first-order valence-corrected chi connectivity index (χ1v) is 12.8. The van der Waals surface area contributed by atoms with Crippen LogP contribution in [0.5, 0.6) is 0 Å². The van der Waals surface area contributed by atoms with Crippen LogP contribution in [0.1, 0.15) is 66.4 Å². The zero-order valence-corrected chi connectivity index (χ0v) is 20.9. The lowest BCUT2D eigenvalue weighted by Gasteiger charge is -2.38. The number of unbranched alkanes of at least 4 members (excludes halogenated alkanes) is 1. The first kappa shape index (κ1) is 26.5. The van der Waals surface area contributed by atoms with Crippen LogP contribution in [0.3, 0.4) is 0 Å². The zero-order chi connectivity index (χ0) is 24.1. The Bertz CT molecular complexity index is 889. The quantitative estimate of drug-likeness (QED) is 0.535. The van der Waals surface area contributed by atoms with Crippen LogP contribution in [0.2, 0.25) is 0 Å². The highest BCUT2D eigenvalue weighted by atomic mass is 32.2. The van der Waals surface area contributed by atoms with Crippen molar-refractivity contribution in [2.24, 2.45) is 0 Å². The van der Waals surface area contributed by atoms with Gasteiger partial charge in [0, 0.05) is 37.3 Å². The van der Waals surface area contributed by atoms with Crippen molar-refractivity contribution in [2.45, 2.75) is 84.2 Å². The second kappa shape index (κ2) is 10.9. The molecule has 0 bridgehead atoms. The Morgan fingerprint density at radius 2 is 1.81 bits per heavy atom. The average molecular weight is 472 g/mol. The molecule has 0 unspecified atom stereocenters. The summed E-state index contributed by atoms with van der Waals surface area (Å²) in [6.45, 7) is 12.5. The summed E-state index contributed by atoms with van der Waals surface area (Å²) in [7, 11) is -3.39. The van der Waals surface area contributed by atoms with E-state index >= 15 is 4.39 Å². The van der Waals surface area contributed by atoms with Crippen LogP contribution in [-0.4, -0.2) is 50.9 Å². The molecule has 9 heteroatoms. The Labute approximate surface area is 192 Å². The summed E-state index contributed by atoms with van der Waals surface area (Å²) < 4.78 is 46.7. The molecule has 1 amide bonds. The van der Waals surface area contributed by atoms with E-state index in [1.165, 1.54) is 0 Å². The number of morpholine rings is 1. The topological polar surface area (TPSA) is 87.7 Å². The van der Waals surface area contributed by atoms with Gasteiger partial charge in [0.05, 0.1) is 22.6 Å². The third kappa shape index (κ3) is 6.89. The lowest BCUT2D eigenvalue weighted by atomic mass is 10.1. The highest BCUT2D eigenvalue weighted by Gasteiger charge is 2.28. The molecular weight excluding hydrogens is 433 g/mol. The van der Waals surface area contributed by atoms with Gasteiger partial charge in [0.25, 0.3) is 0 Å². The van der Waals surface area contributed by atoms with E-state index in [9.17, 15) is 13.2 Å². The smallest absolute Gasteiger partial charge is 0.224 e. The molecule has 1 aromatic carbocycles. The standard InChI is InChI=1S/C23H38FN3O4S/c1-7-18-20(27-14-16(2)31-17(3)15-27)12-11-19(22(18)24)26-21(28)10-8-9-13-25-32(29,30)23(4,5)6/h11-12,16-17,25H,7-10,13-15H2,1-6H3,(H,26,28)/t16-,17+. The Balaban J connectivity index is 1.93. The normalized spacial score (nSPS) is 19.8. The first-order valence-electron chi connectivity index (χ1n) is 11.4. The van der Waals surface area contributed by atoms with Crippen molar-refractivity contribution in [1.82, 2.24) is 4.72 Å². The Hall–Kier alpha value is -1.71. The molecule has 1 aliphatic heterocycles. The van der Waals surface area contributed by atoms with Gasteiger partial charge in [-0.25, -0.2) is 17.5 Å². The van der Waals surface area contributed by atoms with Crippen LogP contribution < -0.4 is 14.9 Å². The molecule has 1 aromatic rings. The minimum atomic E-state index is -3.39. The fourth-order valence-electron chi connectivity index (χ4n) is 3.76. The SMILES string of the molecule is CCc1c(N2C[C@@H](C)O[C@@H](C)C2)ccc(NC(=O)CCCCNS(=O)(=O)C(C)(C)C)c1F. The van der Waals surface area contributed by atoms with Gasteiger partial charge in [-0.1, -0.05) is 6.92 Å². The number of hydrogen-bond donors (Lipinski definition) is 2. The highest BCUT2D eigenvalue weighted by molar-refractivity contribution is 7.90. The van der Waals surface area contributed by atoms with Gasteiger partial charge in [-0.15, -0.1) is 0 Å². The lowest BCUT2D eigenvalue weighted by molar-refractivity contribution is -0.116. The molecule has 2 rings (SSSR count). The highest BCUT2D eigenvalue weighted by Crippen LogP contribution is 2.31. The van der Waals surface area contributed by atoms with Crippen molar-refractivity contribution in [1.29, 1.82) is 0 Å². The molecule has 32 heavy (non-hydrogen) atoms. The molecule has 0 radical (unpaired) electrons. The van der Waals surface area contributed by atoms with Crippen molar-refractivity contribution in [3.05, 3.63) is 23.5 Å². The first-order chi connectivity index (χ1) is 14.9. The van der Waals surface area contributed by atoms with E-state index in [1.807, 2.05) is 26.8 Å². The molecule has 1 saturated heterocycles. The van der Waals surface area contributed by atoms with Gasteiger partial charge in [-0.2, -0.15) is 0 Å². The number of ether oxygens (including phenoxy) is 1. The fourth-order valence-corrected chi connectivity index (χ4v) is 4.61. The van der Waals surface area contributed by atoms with Gasteiger partial charge in [0.15, 0.2) is 5.82 Å². The lowest BCUT2D eigenvalue weighted by Crippen LogP contribution is -2.46. The molecule has 0 spiro atoms. The number of carbonyl (C=O) groups is 1. The Kier molecular flexibility index (Phi) is 9.07. The molecule has 1 fully saturated rings. The molecule has 1 heterocycles. The molecule has 0 saturated carbocycles. The Morgan fingerprint density at radius 3 is 2.38 bits per heavy atom. The summed E-state index contributed by atoms with van der Waals surface area (Å²) >= 11 is 0. The third-order valence-corrected chi connectivity index (χ3v) is 7.73. The summed E-state index contributed by atoms with van der Waals surface area (Å²) in [5.74, 6) is -0.686. The van der Waals surface area contributed by atoms with Gasteiger partial charge in [0.1, 0.15) is 0 Å². The van der Waals surface area contributed by atoms with Crippen molar-refractivity contribution in [2.75, 3.05) is 29.9 Å². The molecule has 0 aliphatic carbocycles. The molecule has 0 aromatic heterocycles. The number of nitrogens with one attached hydrogen (secondary N) is 2. The maximum Gasteiger partial charge on any atom is 0.224 e. The average Bonchev–Trinajstić information content (AvgIpc) is 2.67. The second-order valence-corrected chi connectivity index (χ2v) is 12.0. The zero-order valence-electron chi connectivity index (χ0n) is 20.1.